The van der Waals surface area contributed by atoms with Crippen LogP contribution >= 0.6 is 0 Å². The molecule has 0 N–H and O–H groups in total. The van der Waals surface area contributed by atoms with Gasteiger partial charge in [-0.25, -0.2) is 15.0 Å². The van der Waals surface area contributed by atoms with Crippen molar-refractivity contribution in [3.63, 3.8) is 0 Å². The lowest BCUT2D eigenvalue weighted by Gasteiger charge is -2.11. The predicted molar refractivity (Wildman–Crippen MR) is 131 cm³/mol. The van der Waals surface area contributed by atoms with Gasteiger partial charge in [-0.3, -0.25) is 0 Å². The van der Waals surface area contributed by atoms with Crippen LogP contribution in [0.25, 0.3) is 22.8 Å². The molecule has 3 nitrogen and oxygen atoms in total. The minimum Gasteiger partial charge on any atom is -0.213 e. The van der Waals surface area contributed by atoms with Gasteiger partial charge >= 0.3 is 0 Å². The first-order valence-corrected chi connectivity index (χ1v) is 11.0. The van der Waals surface area contributed by atoms with E-state index in [1.807, 2.05) is 24.3 Å². The Hall–Kier alpha value is -3.33. The van der Waals surface area contributed by atoms with Crippen LogP contribution in [0.1, 0.15) is 43.6 Å². The van der Waals surface area contributed by atoms with E-state index in [0.717, 1.165) is 52.6 Å². The maximum atomic E-state index is 4.85. The van der Waals surface area contributed by atoms with Crippen LogP contribution in [0.2, 0.25) is 0 Å². The minimum absolute atomic E-state index is 0.662. The summed E-state index contributed by atoms with van der Waals surface area (Å²) in [6.07, 6.45) is 13.6. The Morgan fingerprint density at radius 1 is 0.806 bits per heavy atom. The Morgan fingerprint density at radius 3 is 1.90 bits per heavy atom. The first kappa shape index (κ1) is 22.4. The van der Waals surface area contributed by atoms with Gasteiger partial charge in [-0.1, -0.05) is 92.3 Å². The topological polar surface area (TPSA) is 38.7 Å². The van der Waals surface area contributed by atoms with Crippen LogP contribution < -0.4 is 0 Å². The number of aromatic nitrogens is 3. The van der Waals surface area contributed by atoms with Crippen molar-refractivity contribution >= 4 is 0 Å². The van der Waals surface area contributed by atoms with Crippen molar-refractivity contribution < 1.29 is 0 Å². The van der Waals surface area contributed by atoms with E-state index in [4.69, 9.17) is 15.0 Å². The summed E-state index contributed by atoms with van der Waals surface area (Å²) >= 11 is 0. The number of unbranched alkanes of at least 4 members (excludes halogenated alkanes) is 1. The average molecular weight is 410 g/mol. The fraction of sp³-hybridized carbons (Fsp3) is 0.250. The lowest BCUT2D eigenvalue weighted by molar-refractivity contribution is 0.929. The fourth-order valence-corrected chi connectivity index (χ4v) is 3.35. The Labute approximate surface area is 186 Å². The third-order valence-corrected chi connectivity index (χ3v) is 5.20. The number of nitrogens with zero attached hydrogens (tertiary/aromatic N) is 3. The highest BCUT2D eigenvalue weighted by molar-refractivity contribution is 5.65. The Balaban J connectivity index is 2.01. The van der Waals surface area contributed by atoms with Gasteiger partial charge in [0.15, 0.2) is 11.6 Å². The van der Waals surface area contributed by atoms with Gasteiger partial charge in [0.05, 0.1) is 0 Å². The van der Waals surface area contributed by atoms with E-state index < -0.39 is 0 Å². The standard InChI is InChI=1S/C28H31N3/c1-5-7-8-9-10-17-23(6-2)20-26-29-27(24-18-13-11-15-21(24)3)31-28(30-26)25-19-14-12-16-22(25)4/h6,8-19H,5,7,20H2,1-4H3/b9-8-,17-10-,23-6-. The van der Waals surface area contributed by atoms with Gasteiger partial charge in [0, 0.05) is 17.5 Å². The van der Waals surface area contributed by atoms with Crippen LogP contribution in [0.15, 0.2) is 84.5 Å². The van der Waals surface area contributed by atoms with Gasteiger partial charge in [-0.15, -0.1) is 0 Å². The van der Waals surface area contributed by atoms with Gasteiger partial charge in [-0.2, -0.15) is 0 Å². The molecule has 1 aromatic heterocycles. The van der Waals surface area contributed by atoms with E-state index in [1.165, 1.54) is 5.57 Å². The zero-order valence-electron chi connectivity index (χ0n) is 19.0. The SMILES string of the molecule is C/C=C(/C=C\C=C/CCC)Cc1nc(-c2ccccc2C)nc(-c2ccccc2C)n1. The molecule has 0 spiro atoms. The largest absolute Gasteiger partial charge is 0.213 e. The quantitative estimate of drug-likeness (QED) is 0.369. The van der Waals surface area contributed by atoms with E-state index >= 15 is 0 Å². The van der Waals surface area contributed by atoms with Crippen molar-refractivity contribution in [3.8, 4) is 22.8 Å². The van der Waals surface area contributed by atoms with Gasteiger partial charge in [0.25, 0.3) is 0 Å². The van der Waals surface area contributed by atoms with Crippen LogP contribution in [-0.4, -0.2) is 15.0 Å². The summed E-state index contributed by atoms with van der Waals surface area (Å²) in [4.78, 5) is 14.6. The smallest absolute Gasteiger partial charge is 0.163 e. The van der Waals surface area contributed by atoms with Gasteiger partial charge < -0.3 is 0 Å². The highest BCUT2D eigenvalue weighted by atomic mass is 15.0. The Kier molecular flexibility index (Phi) is 8.05. The van der Waals surface area contributed by atoms with Crippen molar-refractivity contribution in [1.82, 2.24) is 15.0 Å². The molecule has 0 unspecified atom stereocenters. The molecule has 0 radical (unpaired) electrons. The Bertz CT molecular complexity index is 1040. The van der Waals surface area contributed by atoms with Gasteiger partial charge in [0.1, 0.15) is 5.82 Å². The molecular weight excluding hydrogens is 378 g/mol. The average Bonchev–Trinajstić information content (AvgIpc) is 2.78. The molecule has 0 aliphatic carbocycles. The molecular formula is C28H31N3. The monoisotopic (exact) mass is 409 g/mol. The van der Waals surface area contributed by atoms with Crippen molar-refractivity contribution in [2.75, 3.05) is 0 Å². The molecule has 3 rings (SSSR count). The van der Waals surface area contributed by atoms with E-state index in [1.54, 1.807) is 0 Å². The molecule has 0 saturated carbocycles. The third-order valence-electron chi connectivity index (χ3n) is 5.20. The number of allylic oxidation sites excluding steroid dienone is 6. The second kappa shape index (κ2) is 11.2. The predicted octanol–water partition coefficient (Wildman–Crippen LogP) is 7.22. The molecule has 2 aromatic carbocycles. The molecule has 31 heavy (non-hydrogen) atoms. The number of benzene rings is 2. The molecule has 3 aromatic rings. The molecule has 1 heterocycles. The molecule has 0 aliphatic heterocycles. The number of rotatable bonds is 8. The maximum absolute atomic E-state index is 4.85. The normalized spacial score (nSPS) is 12.2. The zero-order valence-corrected chi connectivity index (χ0v) is 19.0. The van der Waals surface area contributed by atoms with E-state index in [2.05, 4.69) is 82.3 Å². The van der Waals surface area contributed by atoms with E-state index in [-0.39, 0.29) is 0 Å². The van der Waals surface area contributed by atoms with E-state index in [0.29, 0.717) is 6.42 Å². The molecule has 0 atom stereocenters. The van der Waals surface area contributed by atoms with Crippen LogP contribution in [0, 0.1) is 13.8 Å². The summed E-state index contributed by atoms with van der Waals surface area (Å²) in [7, 11) is 0. The molecule has 0 fully saturated rings. The minimum atomic E-state index is 0.662. The van der Waals surface area contributed by atoms with E-state index in [9.17, 15) is 0 Å². The number of hydrogen-bond acceptors (Lipinski definition) is 3. The maximum Gasteiger partial charge on any atom is 0.163 e. The highest BCUT2D eigenvalue weighted by Crippen LogP contribution is 2.25. The third kappa shape index (κ3) is 6.08. The highest BCUT2D eigenvalue weighted by Gasteiger charge is 2.13. The van der Waals surface area contributed by atoms with Crippen LogP contribution in [0.3, 0.4) is 0 Å². The molecule has 0 bridgehead atoms. The van der Waals surface area contributed by atoms with Crippen LogP contribution in [-0.2, 0) is 6.42 Å². The first-order valence-electron chi connectivity index (χ1n) is 11.0. The molecule has 0 aliphatic rings. The molecule has 0 saturated heterocycles. The van der Waals surface area contributed by atoms with Crippen molar-refractivity contribution in [1.29, 1.82) is 0 Å². The summed E-state index contributed by atoms with van der Waals surface area (Å²) in [5.41, 5.74) is 5.58. The summed E-state index contributed by atoms with van der Waals surface area (Å²) in [6, 6.07) is 16.5. The number of aryl methyl sites for hydroxylation is 2. The van der Waals surface area contributed by atoms with Crippen LogP contribution in [0.5, 0.6) is 0 Å². The second-order valence-electron chi connectivity index (χ2n) is 7.65. The summed E-state index contributed by atoms with van der Waals surface area (Å²) in [6.45, 7) is 8.43. The van der Waals surface area contributed by atoms with Gasteiger partial charge in [0.2, 0.25) is 0 Å². The molecule has 158 valence electrons. The summed E-state index contributed by atoms with van der Waals surface area (Å²) in [5, 5.41) is 0. The fourth-order valence-electron chi connectivity index (χ4n) is 3.35. The number of hydrogen-bond donors (Lipinski definition) is 0. The Morgan fingerprint density at radius 2 is 1.39 bits per heavy atom. The first-order chi connectivity index (χ1) is 15.1. The lowest BCUT2D eigenvalue weighted by atomic mass is 10.1. The second-order valence-corrected chi connectivity index (χ2v) is 7.65. The van der Waals surface area contributed by atoms with Gasteiger partial charge in [-0.05, 0) is 43.9 Å². The molecule has 0 amide bonds. The van der Waals surface area contributed by atoms with Crippen molar-refractivity contribution in [3.05, 3.63) is 101 Å². The lowest BCUT2D eigenvalue weighted by Crippen LogP contribution is -2.05. The summed E-state index contributed by atoms with van der Waals surface area (Å²) in [5.74, 6) is 2.23. The van der Waals surface area contributed by atoms with Crippen molar-refractivity contribution in [2.24, 2.45) is 0 Å². The van der Waals surface area contributed by atoms with Crippen LogP contribution in [0.4, 0.5) is 0 Å². The zero-order chi connectivity index (χ0) is 22.1. The molecule has 3 heteroatoms. The summed E-state index contributed by atoms with van der Waals surface area (Å²) < 4.78 is 0. The van der Waals surface area contributed by atoms with Crippen molar-refractivity contribution in [2.45, 2.75) is 47.0 Å².